The average molecular weight is 214 g/mol. The summed E-state index contributed by atoms with van der Waals surface area (Å²) in [6, 6.07) is 0. The van der Waals surface area contributed by atoms with Gasteiger partial charge in [0.25, 0.3) is 0 Å². The highest BCUT2D eigenvalue weighted by Gasteiger charge is 2.26. The van der Waals surface area contributed by atoms with Crippen LogP contribution in [0, 0.1) is 11.8 Å². The van der Waals surface area contributed by atoms with Gasteiger partial charge in [-0.3, -0.25) is 0 Å². The van der Waals surface area contributed by atoms with Crippen molar-refractivity contribution in [3.8, 4) is 0 Å². The predicted octanol–water partition coefficient (Wildman–Crippen LogP) is 2.99. The molecule has 0 aromatic rings. The Morgan fingerprint density at radius 3 is 2.33 bits per heavy atom. The van der Waals surface area contributed by atoms with E-state index >= 15 is 0 Å². The van der Waals surface area contributed by atoms with Crippen molar-refractivity contribution in [1.82, 2.24) is 0 Å². The van der Waals surface area contributed by atoms with Gasteiger partial charge in [0.15, 0.2) is 0 Å². The van der Waals surface area contributed by atoms with Crippen molar-refractivity contribution in [2.45, 2.75) is 64.6 Å². The second-order valence-corrected chi connectivity index (χ2v) is 5.04. The zero-order chi connectivity index (χ0) is 11.3. The van der Waals surface area contributed by atoms with Gasteiger partial charge in [0.05, 0.1) is 12.2 Å². The summed E-state index contributed by atoms with van der Waals surface area (Å²) in [6.07, 6.45) is 7.14. The zero-order valence-corrected chi connectivity index (χ0v) is 10.4. The minimum absolute atomic E-state index is 0.155. The van der Waals surface area contributed by atoms with Gasteiger partial charge >= 0.3 is 0 Å². The van der Waals surface area contributed by atoms with E-state index in [9.17, 15) is 5.11 Å². The highest BCUT2D eigenvalue weighted by molar-refractivity contribution is 4.78. The van der Waals surface area contributed by atoms with Gasteiger partial charge in [-0.2, -0.15) is 0 Å². The standard InChI is InChI=1S/C13H26O2/c1-4-11-5-7-12(8-6-11)13(14)9-10(2)15-3/h10-14H,4-9H2,1-3H3. The molecule has 0 radical (unpaired) electrons. The van der Waals surface area contributed by atoms with Crippen molar-refractivity contribution in [2.24, 2.45) is 11.8 Å². The van der Waals surface area contributed by atoms with Crippen LogP contribution < -0.4 is 0 Å². The Bertz CT molecular complexity index is 162. The summed E-state index contributed by atoms with van der Waals surface area (Å²) in [5, 5.41) is 10.1. The minimum Gasteiger partial charge on any atom is -0.393 e. The van der Waals surface area contributed by atoms with Crippen LogP contribution in [0.2, 0.25) is 0 Å². The molecule has 0 aromatic heterocycles. The number of aliphatic hydroxyl groups is 1. The third-order valence-corrected chi connectivity index (χ3v) is 3.99. The molecule has 1 saturated carbocycles. The summed E-state index contributed by atoms with van der Waals surface area (Å²) < 4.78 is 5.19. The summed E-state index contributed by atoms with van der Waals surface area (Å²) in [6.45, 7) is 4.30. The Morgan fingerprint density at radius 2 is 1.87 bits per heavy atom. The van der Waals surface area contributed by atoms with Crippen LogP contribution >= 0.6 is 0 Å². The summed E-state index contributed by atoms with van der Waals surface area (Å²) in [4.78, 5) is 0. The lowest BCUT2D eigenvalue weighted by atomic mass is 9.77. The number of methoxy groups -OCH3 is 1. The summed E-state index contributed by atoms with van der Waals surface area (Å²) >= 11 is 0. The van der Waals surface area contributed by atoms with Gasteiger partial charge in [0, 0.05) is 7.11 Å². The number of ether oxygens (including phenoxy) is 1. The van der Waals surface area contributed by atoms with E-state index in [0.29, 0.717) is 5.92 Å². The van der Waals surface area contributed by atoms with E-state index in [-0.39, 0.29) is 12.2 Å². The van der Waals surface area contributed by atoms with Gasteiger partial charge in [0.1, 0.15) is 0 Å². The van der Waals surface area contributed by atoms with Gasteiger partial charge in [0.2, 0.25) is 0 Å². The highest BCUT2D eigenvalue weighted by Crippen LogP contribution is 2.33. The maximum Gasteiger partial charge on any atom is 0.0593 e. The van der Waals surface area contributed by atoms with Crippen LogP contribution in [-0.4, -0.2) is 24.4 Å². The third kappa shape index (κ3) is 4.12. The van der Waals surface area contributed by atoms with Crippen LogP contribution in [0.25, 0.3) is 0 Å². The van der Waals surface area contributed by atoms with E-state index in [4.69, 9.17) is 4.74 Å². The molecule has 0 amide bonds. The van der Waals surface area contributed by atoms with Crippen molar-refractivity contribution < 1.29 is 9.84 Å². The minimum atomic E-state index is -0.155. The topological polar surface area (TPSA) is 29.5 Å². The average Bonchev–Trinajstić information content (AvgIpc) is 2.29. The Morgan fingerprint density at radius 1 is 1.27 bits per heavy atom. The molecule has 1 N–H and O–H groups in total. The molecule has 15 heavy (non-hydrogen) atoms. The van der Waals surface area contributed by atoms with E-state index in [1.165, 1.54) is 32.1 Å². The first-order chi connectivity index (χ1) is 7.17. The highest BCUT2D eigenvalue weighted by atomic mass is 16.5. The molecular formula is C13H26O2. The van der Waals surface area contributed by atoms with Crippen molar-refractivity contribution in [3.63, 3.8) is 0 Å². The van der Waals surface area contributed by atoms with Crippen LogP contribution in [0.1, 0.15) is 52.4 Å². The second kappa shape index (κ2) is 6.49. The molecule has 1 aliphatic rings. The monoisotopic (exact) mass is 214 g/mol. The molecule has 2 nitrogen and oxygen atoms in total. The van der Waals surface area contributed by atoms with Gasteiger partial charge in [-0.15, -0.1) is 0 Å². The molecule has 0 bridgehead atoms. The number of aliphatic hydroxyl groups excluding tert-OH is 1. The normalized spacial score (nSPS) is 31.2. The fourth-order valence-corrected chi connectivity index (χ4v) is 2.61. The Balaban J connectivity index is 2.26. The van der Waals surface area contributed by atoms with Crippen LogP contribution in [-0.2, 0) is 4.74 Å². The molecule has 2 unspecified atom stereocenters. The van der Waals surface area contributed by atoms with Crippen molar-refractivity contribution in [1.29, 1.82) is 0 Å². The molecule has 0 saturated heterocycles. The Labute approximate surface area is 94.0 Å². The van der Waals surface area contributed by atoms with Gasteiger partial charge in [-0.05, 0) is 38.0 Å². The molecule has 1 rings (SSSR count). The molecule has 0 aromatic carbocycles. The van der Waals surface area contributed by atoms with E-state index in [2.05, 4.69) is 6.92 Å². The number of hydrogen-bond donors (Lipinski definition) is 1. The predicted molar refractivity (Wildman–Crippen MR) is 62.8 cm³/mol. The summed E-state index contributed by atoms with van der Waals surface area (Å²) in [5.74, 6) is 1.43. The summed E-state index contributed by atoms with van der Waals surface area (Å²) in [5.41, 5.74) is 0. The maximum absolute atomic E-state index is 10.1. The second-order valence-electron chi connectivity index (χ2n) is 5.04. The molecule has 2 atom stereocenters. The first-order valence-electron chi connectivity index (χ1n) is 6.38. The van der Waals surface area contributed by atoms with Crippen molar-refractivity contribution in [2.75, 3.05) is 7.11 Å². The lowest BCUT2D eigenvalue weighted by Gasteiger charge is -2.31. The SMILES string of the molecule is CCC1CCC(C(O)CC(C)OC)CC1. The fourth-order valence-electron chi connectivity index (χ4n) is 2.61. The van der Waals surface area contributed by atoms with E-state index in [0.717, 1.165) is 12.3 Å². The molecule has 2 heteroatoms. The first-order valence-corrected chi connectivity index (χ1v) is 6.38. The van der Waals surface area contributed by atoms with E-state index < -0.39 is 0 Å². The number of rotatable bonds is 5. The van der Waals surface area contributed by atoms with Crippen LogP contribution in [0.4, 0.5) is 0 Å². The van der Waals surface area contributed by atoms with Gasteiger partial charge < -0.3 is 9.84 Å². The number of hydrogen-bond acceptors (Lipinski definition) is 2. The Kier molecular flexibility index (Phi) is 5.62. The Hall–Kier alpha value is -0.0800. The lowest BCUT2D eigenvalue weighted by molar-refractivity contribution is 0.0140. The fraction of sp³-hybridized carbons (Fsp3) is 1.00. The smallest absolute Gasteiger partial charge is 0.0593 e. The van der Waals surface area contributed by atoms with E-state index in [1.54, 1.807) is 7.11 Å². The van der Waals surface area contributed by atoms with Crippen LogP contribution in [0.5, 0.6) is 0 Å². The van der Waals surface area contributed by atoms with Crippen LogP contribution in [0.3, 0.4) is 0 Å². The van der Waals surface area contributed by atoms with Gasteiger partial charge in [-0.25, -0.2) is 0 Å². The van der Waals surface area contributed by atoms with Crippen LogP contribution in [0.15, 0.2) is 0 Å². The lowest BCUT2D eigenvalue weighted by Crippen LogP contribution is -2.28. The molecule has 1 fully saturated rings. The van der Waals surface area contributed by atoms with Gasteiger partial charge in [-0.1, -0.05) is 26.2 Å². The van der Waals surface area contributed by atoms with E-state index in [1.807, 2.05) is 6.92 Å². The summed E-state index contributed by atoms with van der Waals surface area (Å²) in [7, 11) is 1.71. The molecule has 1 aliphatic carbocycles. The maximum atomic E-state index is 10.1. The zero-order valence-electron chi connectivity index (χ0n) is 10.4. The molecule has 0 aliphatic heterocycles. The molecule has 90 valence electrons. The molecule has 0 heterocycles. The van der Waals surface area contributed by atoms with Crippen molar-refractivity contribution >= 4 is 0 Å². The first kappa shape index (κ1) is 13.0. The van der Waals surface area contributed by atoms with Crippen molar-refractivity contribution in [3.05, 3.63) is 0 Å². The largest absolute Gasteiger partial charge is 0.393 e. The quantitative estimate of drug-likeness (QED) is 0.762. The third-order valence-electron chi connectivity index (χ3n) is 3.99. The molecular weight excluding hydrogens is 188 g/mol. The molecule has 0 spiro atoms.